The fraction of sp³-hybridized carbons (Fsp3) is 0.357. The Morgan fingerprint density at radius 2 is 1.81 bits per heavy atom. The van der Waals surface area contributed by atoms with Crippen LogP contribution in [0.25, 0.3) is 10.4 Å². The van der Waals surface area contributed by atoms with Crippen LogP contribution in [-0.2, 0) is 16.1 Å². The van der Waals surface area contributed by atoms with E-state index in [0.29, 0.717) is 23.7 Å². The Labute approximate surface area is 220 Å². The van der Waals surface area contributed by atoms with Gasteiger partial charge in [0.05, 0.1) is 4.88 Å². The SMILES string of the molecule is O=C(NC1CCCC1)c1cccc(-c2cnc(NC(=O)[C@@H]3CCCN3C(=O)OCc3ccccc3)s2)c1. The predicted octanol–water partition coefficient (Wildman–Crippen LogP) is 5.22. The Morgan fingerprint density at radius 1 is 1.00 bits per heavy atom. The number of ether oxygens (including phenoxy) is 1. The van der Waals surface area contributed by atoms with Gasteiger partial charge in [0.25, 0.3) is 5.91 Å². The number of anilines is 1. The van der Waals surface area contributed by atoms with Crippen molar-refractivity contribution in [1.82, 2.24) is 15.2 Å². The summed E-state index contributed by atoms with van der Waals surface area (Å²) >= 11 is 1.33. The van der Waals surface area contributed by atoms with Crippen molar-refractivity contribution >= 4 is 34.4 Å². The number of hydrogen-bond acceptors (Lipinski definition) is 6. The van der Waals surface area contributed by atoms with Crippen molar-refractivity contribution in [3.05, 3.63) is 71.9 Å². The zero-order chi connectivity index (χ0) is 25.6. The number of likely N-dealkylation sites (tertiary alicyclic amines) is 1. The normalized spacial score (nSPS) is 17.5. The summed E-state index contributed by atoms with van der Waals surface area (Å²) in [6.07, 6.45) is 6.89. The van der Waals surface area contributed by atoms with Crippen LogP contribution in [0.2, 0.25) is 0 Å². The maximum Gasteiger partial charge on any atom is 0.410 e. The van der Waals surface area contributed by atoms with Crippen molar-refractivity contribution in [2.24, 2.45) is 0 Å². The molecule has 1 atom stereocenters. The summed E-state index contributed by atoms with van der Waals surface area (Å²) in [5.74, 6) is -0.341. The lowest BCUT2D eigenvalue weighted by molar-refractivity contribution is -0.120. The Kier molecular flexibility index (Phi) is 7.79. The van der Waals surface area contributed by atoms with Gasteiger partial charge in [-0.1, -0.05) is 66.6 Å². The molecule has 2 aliphatic rings. The van der Waals surface area contributed by atoms with E-state index < -0.39 is 12.1 Å². The standard InChI is InChI=1S/C28H30N4O4S/c33-25(30-22-12-4-5-13-22)21-11-6-10-20(16-21)24-17-29-27(37-24)31-26(34)23-14-7-15-32(23)28(35)36-18-19-8-2-1-3-9-19/h1-3,6,8-11,16-17,22-23H,4-5,7,12-15,18H2,(H,30,33)(H,29,31,34)/t23-/m0/s1. The maximum atomic E-state index is 13.0. The second-order valence-electron chi connectivity index (χ2n) is 9.45. The molecule has 37 heavy (non-hydrogen) atoms. The highest BCUT2D eigenvalue weighted by Crippen LogP contribution is 2.30. The number of carbonyl (C=O) groups is 3. The molecule has 2 aromatic carbocycles. The minimum atomic E-state index is -0.599. The van der Waals surface area contributed by atoms with Crippen molar-refractivity contribution in [2.75, 3.05) is 11.9 Å². The lowest BCUT2D eigenvalue weighted by Crippen LogP contribution is -2.43. The first-order valence-electron chi connectivity index (χ1n) is 12.7. The quantitative estimate of drug-likeness (QED) is 0.447. The average molecular weight is 519 g/mol. The number of nitrogens with zero attached hydrogens (tertiary/aromatic N) is 2. The van der Waals surface area contributed by atoms with Crippen LogP contribution in [-0.4, -0.2) is 46.4 Å². The lowest BCUT2D eigenvalue weighted by atomic mass is 10.1. The molecule has 192 valence electrons. The van der Waals surface area contributed by atoms with E-state index in [0.717, 1.165) is 48.1 Å². The summed E-state index contributed by atoms with van der Waals surface area (Å²) in [5.41, 5.74) is 2.37. The van der Waals surface area contributed by atoms with Gasteiger partial charge in [-0.2, -0.15) is 0 Å². The molecule has 0 spiro atoms. The molecule has 1 aliphatic carbocycles. The average Bonchev–Trinajstić information content (AvgIpc) is 3.70. The number of thiazole rings is 1. The van der Waals surface area contributed by atoms with Gasteiger partial charge >= 0.3 is 6.09 Å². The van der Waals surface area contributed by atoms with E-state index in [1.807, 2.05) is 54.6 Å². The number of amides is 3. The number of carbonyl (C=O) groups excluding carboxylic acids is 3. The van der Waals surface area contributed by atoms with E-state index in [-0.39, 0.29) is 24.5 Å². The number of nitrogens with one attached hydrogen (secondary N) is 2. The van der Waals surface area contributed by atoms with Crippen LogP contribution in [0.4, 0.5) is 9.93 Å². The highest BCUT2D eigenvalue weighted by Gasteiger charge is 2.35. The molecule has 0 unspecified atom stereocenters. The fourth-order valence-electron chi connectivity index (χ4n) is 4.87. The molecule has 2 heterocycles. The van der Waals surface area contributed by atoms with Gasteiger partial charge in [0.15, 0.2) is 5.13 Å². The minimum Gasteiger partial charge on any atom is -0.445 e. The van der Waals surface area contributed by atoms with Crippen molar-refractivity contribution in [1.29, 1.82) is 0 Å². The molecule has 3 amide bonds. The lowest BCUT2D eigenvalue weighted by Gasteiger charge is -2.22. The largest absolute Gasteiger partial charge is 0.445 e. The summed E-state index contributed by atoms with van der Waals surface area (Å²) in [7, 11) is 0. The summed E-state index contributed by atoms with van der Waals surface area (Å²) in [5, 5.41) is 6.42. The highest BCUT2D eigenvalue weighted by atomic mass is 32.1. The smallest absolute Gasteiger partial charge is 0.410 e. The molecule has 1 aromatic heterocycles. The molecule has 5 rings (SSSR count). The van der Waals surface area contributed by atoms with E-state index in [9.17, 15) is 14.4 Å². The topological polar surface area (TPSA) is 101 Å². The van der Waals surface area contributed by atoms with Crippen LogP contribution in [0.15, 0.2) is 60.8 Å². The predicted molar refractivity (Wildman–Crippen MR) is 142 cm³/mol. The molecule has 8 nitrogen and oxygen atoms in total. The third-order valence-electron chi connectivity index (χ3n) is 6.83. The van der Waals surface area contributed by atoms with Gasteiger partial charge in [-0.15, -0.1) is 0 Å². The molecule has 3 aromatic rings. The number of rotatable bonds is 7. The summed E-state index contributed by atoms with van der Waals surface area (Å²) in [6, 6.07) is 16.6. The molecular formula is C28H30N4O4S. The Morgan fingerprint density at radius 3 is 2.62 bits per heavy atom. The van der Waals surface area contributed by atoms with E-state index in [1.165, 1.54) is 16.2 Å². The van der Waals surface area contributed by atoms with Crippen LogP contribution in [0.3, 0.4) is 0 Å². The summed E-state index contributed by atoms with van der Waals surface area (Å²) in [6.45, 7) is 0.642. The first-order valence-corrected chi connectivity index (χ1v) is 13.5. The summed E-state index contributed by atoms with van der Waals surface area (Å²) < 4.78 is 5.44. The van der Waals surface area contributed by atoms with E-state index >= 15 is 0 Å². The second-order valence-corrected chi connectivity index (χ2v) is 10.5. The first kappa shape index (κ1) is 25.0. The molecule has 0 radical (unpaired) electrons. The number of hydrogen-bond donors (Lipinski definition) is 2. The third-order valence-corrected chi connectivity index (χ3v) is 7.79. The van der Waals surface area contributed by atoms with Gasteiger partial charge in [-0.05, 0) is 48.9 Å². The molecule has 1 saturated heterocycles. The van der Waals surface area contributed by atoms with E-state index in [4.69, 9.17) is 4.74 Å². The van der Waals surface area contributed by atoms with Gasteiger partial charge in [0, 0.05) is 24.3 Å². The Balaban J connectivity index is 1.19. The Bertz CT molecular complexity index is 1260. The van der Waals surface area contributed by atoms with Gasteiger partial charge in [0.2, 0.25) is 5.91 Å². The zero-order valence-corrected chi connectivity index (χ0v) is 21.3. The van der Waals surface area contributed by atoms with Gasteiger partial charge in [0.1, 0.15) is 12.6 Å². The minimum absolute atomic E-state index is 0.0627. The molecule has 9 heteroatoms. The van der Waals surface area contributed by atoms with E-state index in [1.54, 1.807) is 6.20 Å². The fourth-order valence-corrected chi connectivity index (χ4v) is 5.68. The molecule has 0 bridgehead atoms. The van der Waals surface area contributed by atoms with Crippen LogP contribution in [0.1, 0.15) is 54.4 Å². The van der Waals surface area contributed by atoms with Crippen molar-refractivity contribution in [3.63, 3.8) is 0 Å². The Hall–Kier alpha value is -3.72. The van der Waals surface area contributed by atoms with Gasteiger partial charge in [-0.25, -0.2) is 9.78 Å². The van der Waals surface area contributed by atoms with Crippen molar-refractivity contribution in [3.8, 4) is 10.4 Å². The molecule has 1 aliphatic heterocycles. The third kappa shape index (κ3) is 6.17. The molecule has 2 fully saturated rings. The van der Waals surface area contributed by atoms with Crippen LogP contribution in [0, 0.1) is 0 Å². The number of aromatic nitrogens is 1. The van der Waals surface area contributed by atoms with Crippen molar-refractivity contribution < 1.29 is 19.1 Å². The summed E-state index contributed by atoms with van der Waals surface area (Å²) in [4.78, 5) is 45.0. The monoisotopic (exact) mass is 518 g/mol. The van der Waals surface area contributed by atoms with Crippen LogP contribution < -0.4 is 10.6 Å². The highest BCUT2D eigenvalue weighted by molar-refractivity contribution is 7.19. The van der Waals surface area contributed by atoms with E-state index in [2.05, 4.69) is 15.6 Å². The van der Waals surface area contributed by atoms with Crippen LogP contribution in [0.5, 0.6) is 0 Å². The van der Waals surface area contributed by atoms with Crippen molar-refractivity contribution in [2.45, 2.75) is 57.2 Å². The zero-order valence-electron chi connectivity index (χ0n) is 20.5. The van der Waals surface area contributed by atoms with Crippen LogP contribution >= 0.6 is 11.3 Å². The second kappa shape index (κ2) is 11.6. The molecular weight excluding hydrogens is 488 g/mol. The van der Waals surface area contributed by atoms with Gasteiger partial charge < -0.3 is 15.4 Å². The van der Waals surface area contributed by atoms with Gasteiger partial charge in [-0.3, -0.25) is 14.5 Å². The first-order chi connectivity index (χ1) is 18.1. The molecule has 1 saturated carbocycles. The maximum absolute atomic E-state index is 13.0. The molecule has 2 N–H and O–H groups in total. The number of benzene rings is 2.